The Bertz CT molecular complexity index is 3840. The zero-order valence-corrected chi connectivity index (χ0v) is 38.8. The minimum absolute atomic E-state index is 0.816. The molecule has 0 amide bonds. The van der Waals surface area contributed by atoms with E-state index < -0.39 is 0 Å². The first kappa shape index (κ1) is 41.8. The van der Waals surface area contributed by atoms with E-state index in [0.29, 0.717) is 0 Å². The lowest BCUT2D eigenvalue weighted by molar-refractivity contribution is 0.669. The van der Waals surface area contributed by atoms with Crippen molar-refractivity contribution < 1.29 is 4.42 Å². The number of para-hydroxylation sites is 3. The fourth-order valence-corrected chi connectivity index (χ4v) is 10.3. The highest BCUT2D eigenvalue weighted by Gasteiger charge is 2.33. The van der Waals surface area contributed by atoms with Crippen LogP contribution in [-0.4, -0.2) is 7.28 Å². The molecule has 1 aromatic heterocycles. The molecule has 11 aromatic carbocycles. The molecule has 0 aliphatic carbocycles. The maximum absolute atomic E-state index is 6.97. The Morgan fingerprint density at radius 1 is 0.394 bits per heavy atom. The summed E-state index contributed by atoms with van der Waals surface area (Å²) < 4.78 is 6.97. The van der Waals surface area contributed by atoms with Crippen molar-refractivity contribution >= 4 is 85.6 Å². The predicted octanol–water partition coefficient (Wildman–Crippen LogP) is 16.9. The number of nitrogens with one attached hydrogen (secondary N) is 1. The third-order valence-electron chi connectivity index (χ3n) is 13.6. The molecule has 71 heavy (non-hydrogen) atoms. The van der Waals surface area contributed by atoms with Crippen LogP contribution in [0.1, 0.15) is 0 Å². The van der Waals surface area contributed by atoms with Gasteiger partial charge in [-0.25, -0.2) is 0 Å². The highest BCUT2D eigenvalue weighted by molar-refractivity contribution is 6.74. The molecule has 0 saturated heterocycles. The van der Waals surface area contributed by atoms with E-state index in [1.807, 2.05) is 0 Å². The molecule has 0 fully saturated rings. The maximum Gasteiger partial charge on any atom is 0.197 e. The van der Waals surface area contributed by atoms with Crippen LogP contribution in [0, 0.1) is 0 Å². The van der Waals surface area contributed by atoms with Crippen LogP contribution >= 0.6 is 0 Å². The summed E-state index contributed by atoms with van der Waals surface area (Å²) in [6.45, 7) is 0. The summed E-state index contributed by atoms with van der Waals surface area (Å²) in [5.74, 6) is 0. The fraction of sp³-hybridized carbons (Fsp3) is 0. The Balaban J connectivity index is 1.08. The van der Waals surface area contributed by atoms with E-state index >= 15 is 0 Å². The maximum atomic E-state index is 6.97. The molecule has 1 radical (unpaired) electrons. The van der Waals surface area contributed by atoms with Gasteiger partial charge in [-0.1, -0.05) is 194 Å². The zero-order valence-electron chi connectivity index (χ0n) is 38.8. The zero-order chi connectivity index (χ0) is 47.1. The van der Waals surface area contributed by atoms with Crippen LogP contribution in [0.2, 0.25) is 0 Å². The molecule has 1 aliphatic rings. The van der Waals surface area contributed by atoms with Gasteiger partial charge in [0.25, 0.3) is 0 Å². The summed E-state index contributed by atoms with van der Waals surface area (Å²) in [6.07, 6.45) is 0. The molecule has 2 heterocycles. The monoisotopic (exact) mass is 906 g/mol. The van der Waals surface area contributed by atoms with E-state index in [1.165, 1.54) is 5.56 Å². The highest BCUT2D eigenvalue weighted by Crippen LogP contribution is 2.48. The van der Waals surface area contributed by atoms with Crippen LogP contribution in [0.3, 0.4) is 0 Å². The number of hydrogen-bond donors (Lipinski definition) is 1. The number of nitrogens with zero attached hydrogens (tertiary/aromatic N) is 2. The van der Waals surface area contributed by atoms with Gasteiger partial charge in [0.1, 0.15) is 11.2 Å². The number of benzene rings is 11. The number of anilines is 8. The van der Waals surface area contributed by atoms with Crippen molar-refractivity contribution in [2.75, 3.05) is 15.1 Å². The van der Waals surface area contributed by atoms with Crippen LogP contribution in [0.15, 0.2) is 271 Å². The van der Waals surface area contributed by atoms with Crippen LogP contribution in [0.4, 0.5) is 45.5 Å². The van der Waals surface area contributed by atoms with E-state index in [0.717, 1.165) is 117 Å². The average Bonchev–Trinajstić information content (AvgIpc) is 3.82. The highest BCUT2D eigenvalue weighted by atomic mass is 16.3. The van der Waals surface area contributed by atoms with Crippen molar-refractivity contribution in [2.24, 2.45) is 0 Å². The minimum Gasteiger partial charge on any atom is -0.456 e. The second-order valence-corrected chi connectivity index (χ2v) is 18.0. The molecule has 1 aliphatic heterocycles. The average molecular weight is 907 g/mol. The van der Waals surface area contributed by atoms with Crippen molar-refractivity contribution in [1.29, 1.82) is 0 Å². The summed E-state index contributed by atoms with van der Waals surface area (Å²) in [5.41, 5.74) is 21.2. The third kappa shape index (κ3) is 7.80. The number of hydrogen-bond acceptors (Lipinski definition) is 4. The van der Waals surface area contributed by atoms with Crippen molar-refractivity contribution in [3.05, 3.63) is 267 Å². The SMILES string of the molecule is [B]1c2ccc(-c3ccccc3)cc2N(c2cccc(-c3ccccc3)c2)c2c1c(-c1ccc(N(c3ccccc3)c3ccccc3)cc1Nc1cccc(-c3ccccc3)c1)cc1oc3ccccc3c21. The lowest BCUT2D eigenvalue weighted by atomic mass is 9.57. The minimum atomic E-state index is 0.816. The molecule has 12 aromatic rings. The van der Waals surface area contributed by atoms with Gasteiger partial charge in [0.15, 0.2) is 7.28 Å². The first-order valence-electron chi connectivity index (χ1n) is 24.2. The molecular formula is C66H45BN3O. The standard InChI is InChI=1S/C66H45BN3O/c1-6-20-45(21-7-1)48-26-18-28-51(40-48)68-60-43-55(69(52-29-12-4-13-30-52)53-31-14-5-15-32-53)37-38-56(60)58-44-63-64(57-34-16-17-35-62(57)71-63)66-65(58)67-59-39-36-50(47-24-10-3-11-25-47)42-61(59)70(66)54-33-19-27-49(41-54)46-22-8-2-9-23-46/h1-44,68H. The largest absolute Gasteiger partial charge is 0.456 e. The molecule has 1 N–H and O–H groups in total. The van der Waals surface area contributed by atoms with E-state index in [9.17, 15) is 0 Å². The molecule has 0 saturated carbocycles. The first-order chi connectivity index (χ1) is 35.2. The Morgan fingerprint density at radius 2 is 0.958 bits per heavy atom. The smallest absolute Gasteiger partial charge is 0.197 e. The van der Waals surface area contributed by atoms with Crippen molar-refractivity contribution in [2.45, 2.75) is 0 Å². The van der Waals surface area contributed by atoms with Gasteiger partial charge in [-0.05, 0) is 123 Å². The summed E-state index contributed by atoms with van der Waals surface area (Å²) in [4.78, 5) is 4.80. The molecule has 4 nitrogen and oxygen atoms in total. The number of fused-ring (bicyclic) bond motifs is 6. The van der Waals surface area contributed by atoms with Gasteiger partial charge in [0.2, 0.25) is 0 Å². The molecular weight excluding hydrogens is 862 g/mol. The predicted molar refractivity (Wildman–Crippen MR) is 300 cm³/mol. The number of rotatable bonds is 10. The van der Waals surface area contributed by atoms with Crippen LogP contribution < -0.4 is 26.0 Å². The molecule has 13 rings (SSSR count). The Hall–Kier alpha value is -9.32. The third-order valence-corrected chi connectivity index (χ3v) is 13.6. The first-order valence-corrected chi connectivity index (χ1v) is 24.2. The van der Waals surface area contributed by atoms with Crippen molar-refractivity contribution in [3.63, 3.8) is 0 Å². The van der Waals surface area contributed by atoms with Gasteiger partial charge < -0.3 is 19.5 Å². The second-order valence-electron chi connectivity index (χ2n) is 18.0. The Kier molecular flexibility index (Phi) is 10.6. The van der Waals surface area contributed by atoms with Crippen LogP contribution in [0.25, 0.3) is 66.4 Å². The summed E-state index contributed by atoms with van der Waals surface area (Å²) in [6, 6.07) is 95.2. The van der Waals surface area contributed by atoms with Gasteiger partial charge in [-0.2, -0.15) is 0 Å². The summed E-state index contributed by atoms with van der Waals surface area (Å²) in [7, 11) is 2.39. The lowest BCUT2D eigenvalue weighted by Crippen LogP contribution is -2.41. The van der Waals surface area contributed by atoms with Gasteiger partial charge >= 0.3 is 0 Å². The molecule has 0 bridgehead atoms. The fourth-order valence-electron chi connectivity index (χ4n) is 10.3. The molecule has 5 heteroatoms. The van der Waals surface area contributed by atoms with E-state index in [2.05, 4.69) is 289 Å². The summed E-state index contributed by atoms with van der Waals surface area (Å²) in [5, 5.41) is 6.12. The van der Waals surface area contributed by atoms with Gasteiger partial charge in [0.05, 0.1) is 11.1 Å². The van der Waals surface area contributed by atoms with Crippen LogP contribution in [-0.2, 0) is 0 Å². The topological polar surface area (TPSA) is 31.6 Å². The van der Waals surface area contributed by atoms with Gasteiger partial charge in [-0.15, -0.1) is 0 Å². The summed E-state index contributed by atoms with van der Waals surface area (Å²) >= 11 is 0. The van der Waals surface area contributed by atoms with E-state index in [4.69, 9.17) is 4.42 Å². The molecule has 333 valence electrons. The molecule has 0 atom stereocenters. The molecule has 0 spiro atoms. The molecule has 0 unspecified atom stereocenters. The van der Waals surface area contributed by atoms with E-state index in [1.54, 1.807) is 0 Å². The Labute approximate surface area is 414 Å². The second kappa shape index (κ2) is 18.0. The van der Waals surface area contributed by atoms with Gasteiger partial charge in [-0.3, -0.25) is 0 Å². The lowest BCUT2D eigenvalue weighted by Gasteiger charge is -2.36. The number of furan rings is 1. The van der Waals surface area contributed by atoms with Gasteiger partial charge in [0, 0.05) is 50.8 Å². The Morgan fingerprint density at radius 3 is 1.62 bits per heavy atom. The van der Waals surface area contributed by atoms with Crippen LogP contribution in [0.5, 0.6) is 0 Å². The normalized spacial score (nSPS) is 11.7. The van der Waals surface area contributed by atoms with Crippen molar-refractivity contribution in [1.82, 2.24) is 0 Å². The van der Waals surface area contributed by atoms with Crippen molar-refractivity contribution in [3.8, 4) is 44.5 Å². The van der Waals surface area contributed by atoms with E-state index in [-0.39, 0.29) is 0 Å². The quantitative estimate of drug-likeness (QED) is 0.139.